The number of aliphatic hydroxyl groups is 1. The largest absolute Gasteiger partial charge is 0.394 e. The van der Waals surface area contributed by atoms with E-state index in [1.54, 1.807) is 0 Å². The van der Waals surface area contributed by atoms with Gasteiger partial charge in [0.15, 0.2) is 0 Å². The van der Waals surface area contributed by atoms with Crippen LogP contribution in [0.15, 0.2) is 0 Å². The molecule has 0 aliphatic carbocycles. The molecule has 0 heterocycles. The second-order valence-corrected chi connectivity index (χ2v) is 6.76. The molecule has 0 rings (SSSR count). The zero-order valence-corrected chi connectivity index (χ0v) is 15.0. The molecule has 0 bridgehead atoms. The molecule has 126 valence electrons. The van der Waals surface area contributed by atoms with Crippen LogP contribution in [0.25, 0.3) is 0 Å². The molecular weight excluding hydrogens is 302 g/mol. The lowest BCUT2D eigenvalue weighted by Crippen LogP contribution is -2.35. The number of rotatable bonds is 13. The Morgan fingerprint density at radius 2 is 1.82 bits per heavy atom. The highest BCUT2D eigenvalue weighted by Crippen LogP contribution is 2.46. The average molecular weight is 330 g/mol. The van der Waals surface area contributed by atoms with Crippen LogP contribution in [-0.4, -0.2) is 62.2 Å². The predicted octanol–water partition coefficient (Wildman–Crippen LogP) is 2.24. The first-order valence-corrected chi connectivity index (χ1v) is 8.74. The van der Waals surface area contributed by atoms with E-state index < -0.39 is 14.6 Å². The monoisotopic (exact) mass is 330 g/mol. The number of nitrogens with zero attached hydrogens (tertiary/aromatic N) is 2. The van der Waals surface area contributed by atoms with Crippen molar-refractivity contribution < 1.29 is 18.9 Å². The van der Waals surface area contributed by atoms with Gasteiger partial charge in [-0.2, -0.15) is 5.26 Å². The summed E-state index contributed by atoms with van der Waals surface area (Å²) in [5, 5.41) is 17.9. The van der Waals surface area contributed by atoms with Gasteiger partial charge in [-0.25, -0.2) is 4.67 Å². The van der Waals surface area contributed by atoms with Gasteiger partial charge < -0.3 is 18.9 Å². The molecule has 1 N–H and O–H groups in total. The third kappa shape index (κ3) is 9.04. The van der Waals surface area contributed by atoms with Crippen molar-refractivity contribution in [2.45, 2.75) is 58.6 Å². The summed E-state index contributed by atoms with van der Waals surface area (Å²) in [6.07, 6.45) is 0.294. The van der Waals surface area contributed by atoms with E-state index in [9.17, 15) is 5.11 Å². The van der Waals surface area contributed by atoms with Gasteiger partial charge in [0.25, 0.3) is 8.53 Å². The van der Waals surface area contributed by atoms with E-state index in [-0.39, 0.29) is 25.3 Å². The minimum absolute atomic E-state index is 0.134. The molecule has 2 unspecified atom stereocenters. The van der Waals surface area contributed by atoms with Gasteiger partial charge in [-0.15, -0.1) is 0 Å². The number of aliphatic hydroxyl groups excluding tert-OH is 1. The molecule has 0 fully saturated rings. The van der Waals surface area contributed by atoms with E-state index >= 15 is 0 Å². The Morgan fingerprint density at radius 3 is 2.27 bits per heavy atom. The molecule has 0 saturated carbocycles. The van der Waals surface area contributed by atoms with Crippen LogP contribution < -0.4 is 0 Å². The minimum Gasteiger partial charge on any atom is -0.394 e. The lowest BCUT2D eigenvalue weighted by molar-refractivity contribution is -0.0112. The maximum atomic E-state index is 9.30. The Bertz CT molecular complexity index is 308. The van der Waals surface area contributed by atoms with Crippen molar-refractivity contribution in [3.63, 3.8) is 0 Å². The summed E-state index contributed by atoms with van der Waals surface area (Å²) in [5.41, 5.74) is 0. The predicted molar refractivity (Wildman–Crippen MR) is 88.6 cm³/mol. The fraction of sp³-hybridized carbons (Fsp3) is 0.929. The van der Waals surface area contributed by atoms with E-state index in [1.165, 1.54) is 0 Å². The smallest absolute Gasteiger partial charge is 0.259 e. The van der Waals surface area contributed by atoms with Crippen LogP contribution in [0.1, 0.15) is 34.1 Å². The molecule has 8 heteroatoms. The van der Waals surface area contributed by atoms with Gasteiger partial charge in [-0.1, -0.05) is 6.32 Å². The summed E-state index contributed by atoms with van der Waals surface area (Å²) in [5.74, 6) is 0. The van der Waals surface area contributed by atoms with Gasteiger partial charge in [0.2, 0.25) is 0 Å². The summed E-state index contributed by atoms with van der Waals surface area (Å²) in [7, 11) is 4.08. The number of nitriles is 1. The van der Waals surface area contributed by atoms with Crippen molar-refractivity contribution in [3.05, 3.63) is 0 Å². The Kier molecular flexibility index (Phi) is 13.1. The van der Waals surface area contributed by atoms with Crippen molar-refractivity contribution in [3.8, 4) is 6.07 Å². The Hall–Kier alpha value is -0.215. The Balaban J connectivity index is 4.65. The maximum Gasteiger partial charge on any atom is 0.259 e. The molecule has 2 atom stereocenters. The van der Waals surface area contributed by atoms with Gasteiger partial charge in [0.05, 0.1) is 40.2 Å². The van der Waals surface area contributed by atoms with Gasteiger partial charge >= 0.3 is 0 Å². The highest BCUT2D eigenvalue weighted by Gasteiger charge is 2.28. The summed E-state index contributed by atoms with van der Waals surface area (Å²) < 4.78 is 19.1. The number of ether oxygens (including phenoxy) is 1. The first-order chi connectivity index (χ1) is 10.5. The molecular formula is C14H28BN2O4P. The lowest BCUT2D eigenvalue weighted by Gasteiger charge is -2.36. The summed E-state index contributed by atoms with van der Waals surface area (Å²) in [4.78, 5) is 0. The molecule has 0 aromatic carbocycles. The van der Waals surface area contributed by atoms with E-state index in [0.29, 0.717) is 26.0 Å². The third-order valence-electron chi connectivity index (χ3n) is 2.71. The fourth-order valence-electron chi connectivity index (χ4n) is 1.85. The average Bonchev–Trinajstić information content (AvgIpc) is 2.46. The zero-order valence-electron chi connectivity index (χ0n) is 14.1. The molecule has 22 heavy (non-hydrogen) atoms. The van der Waals surface area contributed by atoms with E-state index in [4.69, 9.17) is 26.9 Å². The van der Waals surface area contributed by atoms with Crippen LogP contribution in [0.2, 0.25) is 6.32 Å². The highest BCUT2D eigenvalue weighted by atomic mass is 31.2. The first kappa shape index (κ1) is 21.8. The summed E-state index contributed by atoms with van der Waals surface area (Å²) in [6.45, 7) is 9.07. The molecule has 2 radical (unpaired) electrons. The quantitative estimate of drug-likeness (QED) is 0.317. The maximum absolute atomic E-state index is 9.30. The molecule has 0 amide bonds. The summed E-state index contributed by atoms with van der Waals surface area (Å²) in [6, 6.07) is 2.54. The van der Waals surface area contributed by atoms with Crippen molar-refractivity contribution in [2.75, 3.05) is 26.4 Å². The zero-order chi connectivity index (χ0) is 17.0. The highest BCUT2D eigenvalue weighted by molar-refractivity contribution is 7.44. The van der Waals surface area contributed by atoms with Crippen molar-refractivity contribution in [2.24, 2.45) is 0 Å². The van der Waals surface area contributed by atoms with Gasteiger partial charge in [0.1, 0.15) is 6.10 Å². The molecule has 0 spiro atoms. The molecule has 0 saturated heterocycles. The van der Waals surface area contributed by atoms with Crippen molar-refractivity contribution >= 4 is 16.4 Å². The van der Waals surface area contributed by atoms with Crippen LogP contribution in [0.4, 0.5) is 0 Å². The normalized spacial score (nSPS) is 14.5. The minimum atomic E-state index is -1.31. The Labute approximate surface area is 137 Å². The fourth-order valence-corrected chi connectivity index (χ4v) is 3.49. The second kappa shape index (κ2) is 13.2. The van der Waals surface area contributed by atoms with Crippen LogP contribution >= 0.6 is 8.53 Å². The third-order valence-corrected chi connectivity index (χ3v) is 4.78. The molecule has 0 aromatic heterocycles. The van der Waals surface area contributed by atoms with Crippen molar-refractivity contribution in [1.82, 2.24) is 4.67 Å². The standard InChI is InChI=1S/C14H28BN2O4P/c1-12(2)17(13(3)4)22(20-8-5-7-16)21-11-14(10-18)19-9-6-15/h12-14,18H,5-6,8-11H2,1-4H3. The van der Waals surface area contributed by atoms with Gasteiger partial charge in [0, 0.05) is 18.7 Å². The van der Waals surface area contributed by atoms with Gasteiger partial charge in [-0.3, -0.25) is 0 Å². The molecule has 0 aromatic rings. The van der Waals surface area contributed by atoms with E-state index in [0.717, 1.165) is 0 Å². The number of hydrogen-bond donors (Lipinski definition) is 1. The first-order valence-electron chi connectivity index (χ1n) is 7.61. The molecule has 0 aliphatic heterocycles. The SMILES string of the molecule is [B]CCOC(CO)COP(OCCC#N)N(C(C)C)C(C)C. The second-order valence-electron chi connectivity index (χ2n) is 5.31. The van der Waals surface area contributed by atoms with Crippen LogP contribution in [0.5, 0.6) is 0 Å². The van der Waals surface area contributed by atoms with Crippen LogP contribution in [-0.2, 0) is 13.8 Å². The molecule has 6 nitrogen and oxygen atoms in total. The Morgan fingerprint density at radius 1 is 1.18 bits per heavy atom. The summed E-state index contributed by atoms with van der Waals surface area (Å²) >= 11 is 0. The van der Waals surface area contributed by atoms with Crippen molar-refractivity contribution in [1.29, 1.82) is 5.26 Å². The van der Waals surface area contributed by atoms with Crippen LogP contribution in [0, 0.1) is 11.3 Å². The number of hydrogen-bond acceptors (Lipinski definition) is 6. The van der Waals surface area contributed by atoms with E-state index in [2.05, 4.69) is 38.4 Å². The lowest BCUT2D eigenvalue weighted by atomic mass is 10.1. The van der Waals surface area contributed by atoms with Crippen LogP contribution in [0.3, 0.4) is 0 Å². The molecule has 0 aliphatic rings. The topological polar surface area (TPSA) is 75.0 Å². The van der Waals surface area contributed by atoms with E-state index in [1.807, 2.05) is 0 Å². The van der Waals surface area contributed by atoms with Gasteiger partial charge in [-0.05, 0) is 27.7 Å².